The molecule has 124 valence electrons. The van der Waals surface area contributed by atoms with E-state index in [1.165, 1.54) is 0 Å². The first kappa shape index (κ1) is 17.2. The fraction of sp³-hybridized carbons (Fsp3) is 0.789. The van der Waals surface area contributed by atoms with Gasteiger partial charge in [-0.25, -0.2) is 0 Å². The average molecular weight is 306 g/mol. The molecule has 0 spiro atoms. The highest BCUT2D eigenvalue weighted by atomic mass is 16.5. The Morgan fingerprint density at radius 3 is 2.45 bits per heavy atom. The molecule has 2 bridgehead atoms. The molecule has 3 heteroatoms. The quantitative estimate of drug-likeness (QED) is 0.566. The second kappa shape index (κ2) is 5.82. The summed E-state index contributed by atoms with van der Waals surface area (Å²) < 4.78 is 5.21. The first-order valence-electron chi connectivity index (χ1n) is 8.58. The summed E-state index contributed by atoms with van der Waals surface area (Å²) >= 11 is 0. The van der Waals surface area contributed by atoms with Gasteiger partial charge in [0.25, 0.3) is 0 Å². The summed E-state index contributed by atoms with van der Waals surface area (Å²) in [4.78, 5) is 25.1. The monoisotopic (exact) mass is 306 g/mol. The molecule has 2 aliphatic carbocycles. The minimum absolute atomic E-state index is 0.00699. The molecule has 3 atom stereocenters. The van der Waals surface area contributed by atoms with E-state index in [-0.39, 0.29) is 34.4 Å². The fourth-order valence-electron chi connectivity index (χ4n) is 4.33. The van der Waals surface area contributed by atoms with Crippen molar-refractivity contribution in [3.63, 3.8) is 0 Å². The van der Waals surface area contributed by atoms with Gasteiger partial charge in [0.2, 0.25) is 0 Å². The highest BCUT2D eigenvalue weighted by Gasteiger charge is 2.63. The van der Waals surface area contributed by atoms with Gasteiger partial charge in [-0.15, -0.1) is 0 Å². The SMILES string of the molecule is CCOC(=O)[C@@H](/C=C1/C(=O)[C@@]2(C)CC[C@H]1C2(C)C)CC(C)C. The van der Waals surface area contributed by atoms with Gasteiger partial charge in [-0.2, -0.15) is 0 Å². The highest BCUT2D eigenvalue weighted by Crippen LogP contribution is 2.65. The predicted octanol–water partition coefficient (Wildman–Crippen LogP) is 4.16. The zero-order chi connectivity index (χ0) is 16.7. The lowest BCUT2D eigenvalue weighted by atomic mass is 9.70. The van der Waals surface area contributed by atoms with Crippen molar-refractivity contribution in [3.05, 3.63) is 11.6 Å². The summed E-state index contributed by atoms with van der Waals surface area (Å²) in [6, 6.07) is 0. The Morgan fingerprint density at radius 1 is 1.36 bits per heavy atom. The third kappa shape index (κ3) is 2.53. The van der Waals surface area contributed by atoms with Gasteiger partial charge in [-0.05, 0) is 49.0 Å². The van der Waals surface area contributed by atoms with Crippen LogP contribution in [0, 0.1) is 28.6 Å². The van der Waals surface area contributed by atoms with Gasteiger partial charge in [-0.3, -0.25) is 9.59 Å². The minimum atomic E-state index is -0.294. The molecule has 22 heavy (non-hydrogen) atoms. The van der Waals surface area contributed by atoms with Crippen molar-refractivity contribution in [2.24, 2.45) is 28.6 Å². The number of carbonyl (C=O) groups is 2. The number of fused-ring (bicyclic) bond motifs is 2. The number of ketones is 1. The van der Waals surface area contributed by atoms with E-state index in [1.807, 2.05) is 13.0 Å². The summed E-state index contributed by atoms with van der Waals surface area (Å²) in [5.74, 6) is 0.448. The van der Waals surface area contributed by atoms with Crippen molar-refractivity contribution in [2.75, 3.05) is 6.61 Å². The van der Waals surface area contributed by atoms with E-state index < -0.39 is 0 Å². The molecule has 0 aliphatic heterocycles. The van der Waals surface area contributed by atoms with Crippen LogP contribution in [0.1, 0.15) is 60.8 Å². The van der Waals surface area contributed by atoms with Crippen molar-refractivity contribution in [1.82, 2.24) is 0 Å². The Hall–Kier alpha value is -1.12. The van der Waals surface area contributed by atoms with Gasteiger partial charge in [-0.1, -0.05) is 40.7 Å². The van der Waals surface area contributed by atoms with Crippen molar-refractivity contribution < 1.29 is 14.3 Å². The molecule has 3 nitrogen and oxygen atoms in total. The zero-order valence-electron chi connectivity index (χ0n) is 14.9. The summed E-state index contributed by atoms with van der Waals surface area (Å²) in [5.41, 5.74) is 0.616. The Kier molecular flexibility index (Phi) is 4.56. The Morgan fingerprint density at radius 2 is 2.00 bits per heavy atom. The van der Waals surface area contributed by atoms with Crippen molar-refractivity contribution in [3.8, 4) is 0 Å². The maximum atomic E-state index is 12.9. The normalized spacial score (nSPS) is 32.8. The van der Waals surface area contributed by atoms with Crippen LogP contribution in [-0.2, 0) is 14.3 Å². The molecule has 0 amide bonds. The molecular formula is C19H30O3. The maximum absolute atomic E-state index is 12.9. The minimum Gasteiger partial charge on any atom is -0.466 e. The molecule has 2 rings (SSSR count). The standard InChI is InChI=1S/C19H30O3/c1-7-22-17(21)13(10-12(2)3)11-14-15-8-9-19(6,16(14)20)18(15,4)5/h11-13,15H,7-10H2,1-6H3/b14-11+/t13-,15-,19-/m1/s1. The molecule has 0 N–H and O–H groups in total. The smallest absolute Gasteiger partial charge is 0.312 e. The van der Waals surface area contributed by atoms with E-state index in [1.54, 1.807) is 0 Å². The number of Topliss-reactive ketones (excluding diaryl/α,β-unsaturated/α-hetero) is 1. The van der Waals surface area contributed by atoms with E-state index in [0.717, 1.165) is 24.8 Å². The van der Waals surface area contributed by atoms with Crippen molar-refractivity contribution in [1.29, 1.82) is 0 Å². The molecule has 2 aliphatic rings. The van der Waals surface area contributed by atoms with Crippen LogP contribution in [0.4, 0.5) is 0 Å². The number of esters is 1. The molecule has 2 fully saturated rings. The van der Waals surface area contributed by atoms with Gasteiger partial charge in [0, 0.05) is 5.41 Å². The molecule has 0 unspecified atom stereocenters. The number of rotatable bonds is 5. The van der Waals surface area contributed by atoms with Crippen molar-refractivity contribution >= 4 is 11.8 Å². The predicted molar refractivity (Wildman–Crippen MR) is 87.3 cm³/mol. The number of allylic oxidation sites excluding steroid dienone is 1. The Bertz CT molecular complexity index is 501. The van der Waals surface area contributed by atoms with Crippen LogP contribution in [0.25, 0.3) is 0 Å². The topological polar surface area (TPSA) is 43.4 Å². The fourth-order valence-corrected chi connectivity index (χ4v) is 4.33. The summed E-state index contributed by atoms with van der Waals surface area (Å²) in [5, 5.41) is 0. The van der Waals surface area contributed by atoms with Gasteiger partial charge >= 0.3 is 5.97 Å². The first-order chi connectivity index (χ1) is 10.1. The lowest BCUT2D eigenvalue weighted by molar-refractivity contribution is -0.146. The second-order valence-electron chi connectivity index (χ2n) is 8.08. The van der Waals surface area contributed by atoms with Crippen LogP contribution in [0.3, 0.4) is 0 Å². The van der Waals surface area contributed by atoms with E-state index >= 15 is 0 Å². The van der Waals surface area contributed by atoms with Gasteiger partial charge < -0.3 is 4.74 Å². The summed E-state index contributed by atoms with van der Waals surface area (Å²) in [6.45, 7) is 12.9. The molecular weight excluding hydrogens is 276 g/mol. The third-order valence-electron chi connectivity index (χ3n) is 6.06. The van der Waals surface area contributed by atoms with Crippen LogP contribution < -0.4 is 0 Å². The number of ether oxygens (including phenoxy) is 1. The van der Waals surface area contributed by atoms with E-state index in [2.05, 4.69) is 34.6 Å². The molecule has 0 aromatic carbocycles. The largest absolute Gasteiger partial charge is 0.466 e. The average Bonchev–Trinajstić information content (AvgIpc) is 2.72. The first-order valence-corrected chi connectivity index (χ1v) is 8.58. The van der Waals surface area contributed by atoms with E-state index in [9.17, 15) is 9.59 Å². The zero-order valence-corrected chi connectivity index (χ0v) is 14.9. The van der Waals surface area contributed by atoms with Crippen LogP contribution in [0.5, 0.6) is 0 Å². The van der Waals surface area contributed by atoms with Gasteiger partial charge in [0.1, 0.15) is 0 Å². The molecule has 0 heterocycles. The number of carbonyl (C=O) groups excluding carboxylic acids is 2. The second-order valence-corrected chi connectivity index (χ2v) is 8.08. The Labute approximate surface area is 134 Å². The molecule has 0 saturated heterocycles. The number of hydrogen-bond acceptors (Lipinski definition) is 3. The van der Waals surface area contributed by atoms with E-state index in [0.29, 0.717) is 12.5 Å². The maximum Gasteiger partial charge on any atom is 0.312 e. The molecule has 0 radical (unpaired) electrons. The molecule has 0 aromatic heterocycles. The van der Waals surface area contributed by atoms with Crippen LogP contribution in [0.2, 0.25) is 0 Å². The van der Waals surface area contributed by atoms with Crippen LogP contribution >= 0.6 is 0 Å². The molecule has 2 saturated carbocycles. The highest BCUT2D eigenvalue weighted by molar-refractivity contribution is 6.05. The lowest BCUT2D eigenvalue weighted by Gasteiger charge is -2.31. The molecule has 0 aromatic rings. The summed E-state index contributed by atoms with van der Waals surface area (Å²) in [7, 11) is 0. The summed E-state index contributed by atoms with van der Waals surface area (Å²) in [6.07, 6.45) is 4.70. The van der Waals surface area contributed by atoms with Gasteiger partial charge in [0.15, 0.2) is 5.78 Å². The third-order valence-corrected chi connectivity index (χ3v) is 6.06. The van der Waals surface area contributed by atoms with E-state index in [4.69, 9.17) is 4.74 Å². The van der Waals surface area contributed by atoms with Gasteiger partial charge in [0.05, 0.1) is 12.5 Å². The lowest BCUT2D eigenvalue weighted by Crippen LogP contribution is -2.32. The number of hydrogen-bond donors (Lipinski definition) is 0. The van der Waals surface area contributed by atoms with Crippen molar-refractivity contribution in [2.45, 2.75) is 60.8 Å². The van der Waals surface area contributed by atoms with Crippen LogP contribution in [0.15, 0.2) is 11.6 Å². The Balaban J connectivity index is 2.33. The van der Waals surface area contributed by atoms with Crippen LogP contribution in [-0.4, -0.2) is 18.4 Å².